The summed E-state index contributed by atoms with van der Waals surface area (Å²) in [7, 11) is 0. The van der Waals surface area contributed by atoms with Gasteiger partial charge < -0.3 is 15.6 Å². The van der Waals surface area contributed by atoms with Crippen molar-refractivity contribution in [1.82, 2.24) is 19.9 Å². The number of fused-ring (bicyclic) bond motifs is 1. The third-order valence-corrected chi connectivity index (χ3v) is 5.65. The molecule has 0 aliphatic rings. The molecule has 5 rings (SSSR count). The van der Waals surface area contributed by atoms with Crippen LogP contribution in [0.2, 0.25) is 0 Å². The highest BCUT2D eigenvalue weighted by Crippen LogP contribution is 2.28. The second-order valence-electron chi connectivity index (χ2n) is 7.49. The van der Waals surface area contributed by atoms with E-state index < -0.39 is 0 Å². The lowest BCUT2D eigenvalue weighted by Gasteiger charge is -2.13. The molecular formula is C25H19BrN6O. The minimum absolute atomic E-state index is 0.195. The lowest BCUT2D eigenvalue weighted by atomic mass is 10.1. The number of anilines is 3. The highest BCUT2D eigenvalue weighted by molar-refractivity contribution is 9.10. The molecule has 0 aliphatic carbocycles. The molecular weight excluding hydrogens is 480 g/mol. The van der Waals surface area contributed by atoms with Gasteiger partial charge in [-0.3, -0.25) is 9.78 Å². The first-order valence-corrected chi connectivity index (χ1v) is 11.1. The zero-order valence-corrected chi connectivity index (χ0v) is 19.2. The Bertz CT molecular complexity index is 1460. The fraction of sp³-hybridized carbons (Fsp3) is 0.0400. The van der Waals surface area contributed by atoms with E-state index in [0.29, 0.717) is 17.2 Å². The number of aryl methyl sites for hydroxylation is 1. The van der Waals surface area contributed by atoms with Gasteiger partial charge in [0.25, 0.3) is 5.91 Å². The van der Waals surface area contributed by atoms with E-state index in [0.717, 1.165) is 38.0 Å². The standard InChI is InChI=1S/C25H19BrN6O/c1-15-7-8-16(25(33)29-19-6-2-5-18(26)13-19)12-21(15)31-24-22-20(9-11-28-22)30-23(32-24)17-4-3-10-27-14-17/h2-14,28H,1H3,(H,29,33)(H,30,31,32). The number of nitrogens with one attached hydrogen (secondary N) is 3. The fourth-order valence-electron chi connectivity index (χ4n) is 3.45. The van der Waals surface area contributed by atoms with Crippen molar-refractivity contribution in [1.29, 1.82) is 0 Å². The molecule has 2 aromatic carbocycles. The molecule has 0 saturated carbocycles. The molecule has 0 saturated heterocycles. The number of aromatic nitrogens is 4. The zero-order valence-electron chi connectivity index (χ0n) is 17.6. The summed E-state index contributed by atoms with van der Waals surface area (Å²) in [6, 6.07) is 18.7. The van der Waals surface area contributed by atoms with E-state index in [2.05, 4.69) is 41.5 Å². The molecule has 0 radical (unpaired) electrons. The van der Waals surface area contributed by atoms with Crippen LogP contribution in [0.15, 0.2) is 83.7 Å². The maximum absolute atomic E-state index is 12.9. The van der Waals surface area contributed by atoms with Crippen LogP contribution in [-0.2, 0) is 0 Å². The monoisotopic (exact) mass is 498 g/mol. The minimum Gasteiger partial charge on any atom is -0.357 e. The van der Waals surface area contributed by atoms with Crippen molar-refractivity contribution in [2.45, 2.75) is 6.92 Å². The highest BCUT2D eigenvalue weighted by atomic mass is 79.9. The quantitative estimate of drug-likeness (QED) is 0.272. The Kier molecular flexibility index (Phi) is 5.58. The minimum atomic E-state index is -0.195. The number of pyridine rings is 1. The Hall–Kier alpha value is -4.04. The molecule has 5 aromatic rings. The summed E-state index contributed by atoms with van der Waals surface area (Å²) >= 11 is 3.43. The Labute approximate surface area is 198 Å². The van der Waals surface area contributed by atoms with Crippen molar-refractivity contribution in [2.24, 2.45) is 0 Å². The van der Waals surface area contributed by atoms with Gasteiger partial charge in [-0.2, -0.15) is 0 Å². The third kappa shape index (κ3) is 4.47. The molecule has 3 heterocycles. The molecule has 3 N–H and O–H groups in total. The number of H-pyrrole nitrogens is 1. The number of aromatic amines is 1. The van der Waals surface area contributed by atoms with Gasteiger partial charge in [0.15, 0.2) is 11.6 Å². The summed E-state index contributed by atoms with van der Waals surface area (Å²) in [5, 5.41) is 6.32. The van der Waals surface area contributed by atoms with Crippen LogP contribution in [0.1, 0.15) is 15.9 Å². The number of rotatable bonds is 5. The number of benzene rings is 2. The number of hydrogen-bond acceptors (Lipinski definition) is 5. The average molecular weight is 499 g/mol. The summed E-state index contributed by atoms with van der Waals surface area (Å²) in [6.07, 6.45) is 5.27. The molecule has 33 heavy (non-hydrogen) atoms. The molecule has 0 bridgehead atoms. The van der Waals surface area contributed by atoms with Gasteiger partial charge in [0, 0.05) is 45.6 Å². The number of carbonyl (C=O) groups is 1. The highest BCUT2D eigenvalue weighted by Gasteiger charge is 2.14. The molecule has 3 aromatic heterocycles. The van der Waals surface area contributed by atoms with E-state index in [1.54, 1.807) is 18.5 Å². The molecule has 0 fully saturated rings. The second kappa shape index (κ2) is 8.84. The molecule has 7 nitrogen and oxygen atoms in total. The van der Waals surface area contributed by atoms with Gasteiger partial charge in [-0.15, -0.1) is 0 Å². The van der Waals surface area contributed by atoms with Crippen LogP contribution in [0, 0.1) is 6.92 Å². The molecule has 162 valence electrons. The van der Waals surface area contributed by atoms with Crippen molar-refractivity contribution in [2.75, 3.05) is 10.6 Å². The first-order chi connectivity index (χ1) is 16.1. The Morgan fingerprint density at radius 1 is 1.03 bits per heavy atom. The van der Waals surface area contributed by atoms with Crippen molar-refractivity contribution in [3.63, 3.8) is 0 Å². The largest absolute Gasteiger partial charge is 0.357 e. The van der Waals surface area contributed by atoms with E-state index in [1.165, 1.54) is 0 Å². The summed E-state index contributed by atoms with van der Waals surface area (Å²) in [6.45, 7) is 1.98. The van der Waals surface area contributed by atoms with E-state index in [-0.39, 0.29) is 5.91 Å². The van der Waals surface area contributed by atoms with Crippen LogP contribution < -0.4 is 10.6 Å². The van der Waals surface area contributed by atoms with Crippen LogP contribution in [0.5, 0.6) is 0 Å². The van der Waals surface area contributed by atoms with Gasteiger partial charge in [-0.05, 0) is 61.0 Å². The molecule has 8 heteroatoms. The predicted octanol–water partition coefficient (Wildman–Crippen LogP) is 6.09. The van der Waals surface area contributed by atoms with Crippen molar-refractivity contribution < 1.29 is 4.79 Å². The number of nitrogens with zero attached hydrogens (tertiary/aromatic N) is 3. The van der Waals surface area contributed by atoms with Crippen LogP contribution in [0.25, 0.3) is 22.4 Å². The maximum Gasteiger partial charge on any atom is 0.255 e. The van der Waals surface area contributed by atoms with Gasteiger partial charge in [-0.1, -0.05) is 28.1 Å². The van der Waals surface area contributed by atoms with Crippen LogP contribution >= 0.6 is 15.9 Å². The Morgan fingerprint density at radius 3 is 2.76 bits per heavy atom. The van der Waals surface area contributed by atoms with Crippen LogP contribution in [0.4, 0.5) is 17.2 Å². The van der Waals surface area contributed by atoms with Gasteiger partial charge in [0.05, 0.1) is 5.52 Å². The Balaban J connectivity index is 1.48. The fourth-order valence-corrected chi connectivity index (χ4v) is 3.85. The molecule has 0 spiro atoms. The van der Waals surface area contributed by atoms with E-state index in [4.69, 9.17) is 4.98 Å². The van der Waals surface area contributed by atoms with Gasteiger partial charge in [-0.25, -0.2) is 9.97 Å². The van der Waals surface area contributed by atoms with Gasteiger partial charge in [0.1, 0.15) is 5.52 Å². The lowest BCUT2D eigenvalue weighted by molar-refractivity contribution is 0.102. The topological polar surface area (TPSA) is 95.6 Å². The molecule has 0 unspecified atom stereocenters. The third-order valence-electron chi connectivity index (χ3n) is 5.16. The number of amides is 1. The zero-order chi connectivity index (χ0) is 22.8. The van der Waals surface area contributed by atoms with Crippen LogP contribution in [0.3, 0.4) is 0 Å². The summed E-state index contributed by atoms with van der Waals surface area (Å²) < 4.78 is 0.898. The second-order valence-corrected chi connectivity index (χ2v) is 8.41. The van der Waals surface area contributed by atoms with Gasteiger partial charge >= 0.3 is 0 Å². The summed E-state index contributed by atoms with van der Waals surface area (Å²) in [5.41, 5.74) is 5.40. The van der Waals surface area contributed by atoms with Crippen molar-refractivity contribution >= 4 is 50.1 Å². The first kappa shape index (κ1) is 20.8. The first-order valence-electron chi connectivity index (χ1n) is 10.3. The molecule has 0 atom stereocenters. The number of carbonyl (C=O) groups excluding carboxylic acids is 1. The number of halogens is 1. The predicted molar refractivity (Wildman–Crippen MR) is 134 cm³/mol. The van der Waals surface area contributed by atoms with E-state index >= 15 is 0 Å². The van der Waals surface area contributed by atoms with Crippen molar-refractivity contribution in [3.8, 4) is 11.4 Å². The maximum atomic E-state index is 12.9. The Morgan fingerprint density at radius 2 is 1.94 bits per heavy atom. The summed E-state index contributed by atoms with van der Waals surface area (Å²) in [4.78, 5) is 29.6. The van der Waals surface area contributed by atoms with Crippen LogP contribution in [-0.4, -0.2) is 25.8 Å². The van der Waals surface area contributed by atoms with Crippen molar-refractivity contribution in [3.05, 3.63) is 94.9 Å². The average Bonchev–Trinajstić information content (AvgIpc) is 3.30. The summed E-state index contributed by atoms with van der Waals surface area (Å²) in [5.74, 6) is 0.996. The normalized spacial score (nSPS) is 10.8. The SMILES string of the molecule is Cc1ccc(C(=O)Nc2cccc(Br)c2)cc1Nc1nc(-c2cccnc2)nc2cc[nH]c12. The molecule has 0 aliphatic heterocycles. The lowest BCUT2D eigenvalue weighted by Crippen LogP contribution is -2.12. The number of hydrogen-bond donors (Lipinski definition) is 3. The molecule has 1 amide bonds. The van der Waals surface area contributed by atoms with Gasteiger partial charge in [0.2, 0.25) is 0 Å². The van der Waals surface area contributed by atoms with E-state index in [9.17, 15) is 4.79 Å². The van der Waals surface area contributed by atoms with E-state index in [1.807, 2.05) is 67.7 Å². The smallest absolute Gasteiger partial charge is 0.255 e.